The summed E-state index contributed by atoms with van der Waals surface area (Å²) in [4.78, 5) is 16.7. The molecule has 0 spiro atoms. The number of hydrogen-bond donors (Lipinski definition) is 1. The molecule has 0 bridgehead atoms. The number of nitrogens with one attached hydrogen (secondary N) is 1. The fourth-order valence-electron chi connectivity index (χ4n) is 2.18. The average molecular weight is 322 g/mol. The van der Waals surface area contributed by atoms with Crippen LogP contribution in [-0.2, 0) is 0 Å². The molecule has 0 aliphatic carbocycles. The van der Waals surface area contributed by atoms with E-state index in [9.17, 15) is 4.79 Å². The van der Waals surface area contributed by atoms with Crippen LogP contribution in [0.3, 0.4) is 0 Å². The number of pyridine rings is 1. The molecule has 4 rings (SSSR count). The highest BCUT2D eigenvalue weighted by molar-refractivity contribution is 7.17. The lowest BCUT2D eigenvalue weighted by molar-refractivity contribution is 0.102. The Morgan fingerprint density at radius 2 is 2.17 bits per heavy atom. The Kier molecular flexibility index (Phi) is 3.28. The van der Waals surface area contributed by atoms with Crippen LogP contribution in [0.25, 0.3) is 15.9 Å². The van der Waals surface area contributed by atoms with Gasteiger partial charge in [0.05, 0.1) is 21.5 Å². The molecule has 1 N–H and O–H groups in total. The SMILES string of the molecule is O=C(Nc1cccc(-n2cnnn2)c1)c1cnc2ccsc2c1. The summed E-state index contributed by atoms with van der Waals surface area (Å²) in [6.07, 6.45) is 3.07. The molecule has 0 aliphatic rings. The molecule has 4 aromatic rings. The number of fused-ring (bicyclic) bond motifs is 1. The van der Waals surface area contributed by atoms with Crippen molar-refractivity contribution in [1.29, 1.82) is 0 Å². The van der Waals surface area contributed by atoms with Crippen LogP contribution in [0.1, 0.15) is 10.4 Å². The van der Waals surface area contributed by atoms with Gasteiger partial charge in [-0.2, -0.15) is 0 Å². The van der Waals surface area contributed by atoms with Crippen LogP contribution >= 0.6 is 11.3 Å². The van der Waals surface area contributed by atoms with Gasteiger partial charge in [0.2, 0.25) is 0 Å². The standard InChI is InChI=1S/C15H10N6OS/c22-15(10-6-14-13(16-8-10)4-5-23-14)18-11-2-1-3-12(7-11)21-9-17-19-20-21/h1-9H,(H,18,22). The molecule has 3 aromatic heterocycles. The minimum Gasteiger partial charge on any atom is -0.322 e. The van der Waals surface area contributed by atoms with Gasteiger partial charge < -0.3 is 5.32 Å². The lowest BCUT2D eigenvalue weighted by atomic mass is 10.2. The number of carbonyl (C=O) groups is 1. The van der Waals surface area contributed by atoms with E-state index in [4.69, 9.17) is 0 Å². The largest absolute Gasteiger partial charge is 0.322 e. The van der Waals surface area contributed by atoms with Crippen LogP contribution in [0.2, 0.25) is 0 Å². The molecule has 0 atom stereocenters. The van der Waals surface area contributed by atoms with Crippen LogP contribution < -0.4 is 5.32 Å². The lowest BCUT2D eigenvalue weighted by Crippen LogP contribution is -2.12. The predicted octanol–water partition coefficient (Wildman–Crippen LogP) is 2.52. The van der Waals surface area contributed by atoms with Gasteiger partial charge >= 0.3 is 0 Å². The third kappa shape index (κ3) is 2.67. The Labute approximate surface area is 134 Å². The van der Waals surface area contributed by atoms with E-state index in [1.54, 1.807) is 23.6 Å². The number of hydrogen-bond acceptors (Lipinski definition) is 6. The fourth-order valence-corrected chi connectivity index (χ4v) is 2.96. The number of rotatable bonds is 3. The zero-order valence-corrected chi connectivity index (χ0v) is 12.6. The zero-order valence-electron chi connectivity index (χ0n) is 11.7. The Morgan fingerprint density at radius 3 is 3.04 bits per heavy atom. The van der Waals surface area contributed by atoms with Crippen molar-refractivity contribution in [2.75, 3.05) is 5.32 Å². The first-order chi connectivity index (χ1) is 11.3. The van der Waals surface area contributed by atoms with Crippen LogP contribution in [0.5, 0.6) is 0 Å². The van der Waals surface area contributed by atoms with E-state index >= 15 is 0 Å². The van der Waals surface area contributed by atoms with Crippen LogP contribution in [0.4, 0.5) is 5.69 Å². The van der Waals surface area contributed by atoms with Gasteiger partial charge in [-0.05, 0) is 46.1 Å². The minimum absolute atomic E-state index is 0.207. The number of thiophene rings is 1. The average Bonchev–Trinajstić information content (AvgIpc) is 3.26. The van der Waals surface area contributed by atoms with Crippen molar-refractivity contribution in [2.24, 2.45) is 0 Å². The summed E-state index contributed by atoms with van der Waals surface area (Å²) in [6, 6.07) is 11.1. The molecular weight excluding hydrogens is 312 g/mol. The van der Waals surface area contributed by atoms with Crippen LogP contribution in [0, 0.1) is 0 Å². The summed E-state index contributed by atoms with van der Waals surface area (Å²) in [5, 5.41) is 15.8. The van der Waals surface area contributed by atoms with Crippen molar-refractivity contribution < 1.29 is 4.79 Å². The van der Waals surface area contributed by atoms with Gasteiger partial charge in [0.25, 0.3) is 5.91 Å². The van der Waals surface area contributed by atoms with E-state index in [0.717, 1.165) is 15.9 Å². The van der Waals surface area contributed by atoms with Gasteiger partial charge in [0.1, 0.15) is 6.33 Å². The molecule has 8 heteroatoms. The Morgan fingerprint density at radius 1 is 1.22 bits per heavy atom. The molecular formula is C15H10N6OS. The van der Waals surface area contributed by atoms with Crippen molar-refractivity contribution >= 4 is 33.1 Å². The summed E-state index contributed by atoms with van der Waals surface area (Å²) in [6.45, 7) is 0. The van der Waals surface area contributed by atoms with E-state index in [2.05, 4.69) is 25.8 Å². The van der Waals surface area contributed by atoms with E-state index in [0.29, 0.717) is 11.3 Å². The zero-order chi connectivity index (χ0) is 15.6. The first-order valence-electron chi connectivity index (χ1n) is 6.78. The molecule has 0 unspecified atom stereocenters. The van der Waals surface area contributed by atoms with E-state index < -0.39 is 0 Å². The predicted molar refractivity (Wildman–Crippen MR) is 86.7 cm³/mol. The molecule has 112 valence electrons. The Bertz CT molecular complexity index is 978. The molecule has 0 radical (unpaired) electrons. The number of tetrazole rings is 1. The Balaban J connectivity index is 1.59. The van der Waals surface area contributed by atoms with Gasteiger partial charge in [-0.3, -0.25) is 9.78 Å². The van der Waals surface area contributed by atoms with Gasteiger partial charge in [-0.15, -0.1) is 16.4 Å². The molecule has 7 nitrogen and oxygen atoms in total. The molecule has 1 amide bonds. The minimum atomic E-state index is -0.207. The summed E-state index contributed by atoms with van der Waals surface area (Å²) in [7, 11) is 0. The number of benzene rings is 1. The van der Waals surface area contributed by atoms with Crippen molar-refractivity contribution in [3.05, 3.63) is 59.9 Å². The van der Waals surface area contributed by atoms with E-state index in [1.165, 1.54) is 11.0 Å². The normalized spacial score (nSPS) is 10.8. The maximum absolute atomic E-state index is 12.4. The molecule has 1 aromatic carbocycles. The smallest absolute Gasteiger partial charge is 0.257 e. The van der Waals surface area contributed by atoms with Gasteiger partial charge in [-0.25, -0.2) is 4.68 Å². The third-order valence-corrected chi connectivity index (χ3v) is 4.14. The summed E-state index contributed by atoms with van der Waals surface area (Å²) < 4.78 is 2.51. The summed E-state index contributed by atoms with van der Waals surface area (Å²) >= 11 is 1.56. The van der Waals surface area contributed by atoms with Gasteiger partial charge in [-0.1, -0.05) is 6.07 Å². The second-order valence-corrected chi connectivity index (χ2v) is 5.73. The number of amides is 1. The molecule has 0 aliphatic heterocycles. The van der Waals surface area contributed by atoms with Gasteiger partial charge in [0, 0.05) is 11.9 Å². The number of carbonyl (C=O) groups excluding carboxylic acids is 1. The van der Waals surface area contributed by atoms with Crippen molar-refractivity contribution in [2.45, 2.75) is 0 Å². The highest BCUT2D eigenvalue weighted by atomic mass is 32.1. The first kappa shape index (κ1) is 13.5. The molecule has 3 heterocycles. The van der Waals surface area contributed by atoms with E-state index in [-0.39, 0.29) is 5.91 Å². The van der Waals surface area contributed by atoms with Crippen molar-refractivity contribution in [1.82, 2.24) is 25.2 Å². The quantitative estimate of drug-likeness (QED) is 0.626. The second-order valence-electron chi connectivity index (χ2n) is 4.79. The topological polar surface area (TPSA) is 85.6 Å². The molecule has 23 heavy (non-hydrogen) atoms. The third-order valence-electron chi connectivity index (χ3n) is 3.28. The highest BCUT2D eigenvalue weighted by Crippen LogP contribution is 2.20. The summed E-state index contributed by atoms with van der Waals surface area (Å²) in [5.41, 5.74) is 2.84. The Hall–Kier alpha value is -3.13. The first-order valence-corrected chi connectivity index (χ1v) is 7.65. The molecule has 0 fully saturated rings. The fraction of sp³-hybridized carbons (Fsp3) is 0. The van der Waals surface area contributed by atoms with Crippen molar-refractivity contribution in [3.63, 3.8) is 0 Å². The maximum Gasteiger partial charge on any atom is 0.257 e. The summed E-state index contributed by atoms with van der Waals surface area (Å²) in [5.74, 6) is -0.207. The van der Waals surface area contributed by atoms with Crippen LogP contribution in [-0.4, -0.2) is 31.1 Å². The monoisotopic (exact) mass is 322 g/mol. The number of aromatic nitrogens is 5. The van der Waals surface area contributed by atoms with E-state index in [1.807, 2.05) is 35.7 Å². The lowest BCUT2D eigenvalue weighted by Gasteiger charge is -2.07. The molecule has 0 saturated heterocycles. The number of nitrogens with zero attached hydrogens (tertiary/aromatic N) is 5. The highest BCUT2D eigenvalue weighted by Gasteiger charge is 2.09. The molecule has 0 saturated carbocycles. The number of anilines is 1. The second kappa shape index (κ2) is 5.58. The maximum atomic E-state index is 12.4. The van der Waals surface area contributed by atoms with Gasteiger partial charge in [0.15, 0.2) is 0 Å². The van der Waals surface area contributed by atoms with Crippen LogP contribution in [0.15, 0.2) is 54.3 Å². The van der Waals surface area contributed by atoms with Crippen molar-refractivity contribution in [3.8, 4) is 5.69 Å².